The van der Waals surface area contributed by atoms with E-state index in [0.29, 0.717) is 32.8 Å². The van der Waals surface area contributed by atoms with Gasteiger partial charge in [-0.3, -0.25) is 9.59 Å². The zero-order valence-corrected chi connectivity index (χ0v) is 19.6. The lowest BCUT2D eigenvalue weighted by Gasteiger charge is -2.25. The third-order valence-corrected chi connectivity index (χ3v) is 5.89. The smallest absolute Gasteiger partial charge is 0.303 e. The molecular weight excluding hydrogens is 473 g/mol. The molecule has 1 N–H and O–H groups in total. The Morgan fingerprint density at radius 1 is 0.882 bits per heavy atom. The van der Waals surface area contributed by atoms with E-state index >= 15 is 0 Å². The number of carbonyl (C=O) groups is 2. The minimum Gasteiger partial charge on any atom is -0.481 e. The van der Waals surface area contributed by atoms with Gasteiger partial charge in [0.25, 0.3) is 5.91 Å². The number of nitrogens with zero attached hydrogens (tertiary/aromatic N) is 1. The van der Waals surface area contributed by atoms with Crippen molar-refractivity contribution in [2.24, 2.45) is 0 Å². The molecule has 0 saturated heterocycles. The lowest BCUT2D eigenvalue weighted by molar-refractivity contribution is -0.136. The van der Waals surface area contributed by atoms with E-state index < -0.39 is 5.97 Å². The highest BCUT2D eigenvalue weighted by Gasteiger charge is 2.24. The number of carboxylic acid groups (broad SMARTS) is 1. The normalized spacial score (nSPS) is 10.8. The third-order valence-electron chi connectivity index (χ3n) is 5.32. The van der Waals surface area contributed by atoms with Crippen LogP contribution in [0.3, 0.4) is 0 Å². The topological polar surface area (TPSA) is 70.8 Å². The minimum atomic E-state index is -0.906. The number of amides is 1. The predicted octanol–water partition coefficient (Wildman–Crippen LogP) is 7.12. The number of para-hydroxylation sites is 1. The molecule has 4 rings (SSSR count). The number of furan rings is 1. The minimum absolute atomic E-state index is 0.0508. The lowest BCUT2D eigenvalue weighted by Crippen LogP contribution is -2.31. The van der Waals surface area contributed by atoms with E-state index in [9.17, 15) is 14.7 Å². The van der Waals surface area contributed by atoms with Crippen LogP contribution >= 0.6 is 23.2 Å². The summed E-state index contributed by atoms with van der Waals surface area (Å²) >= 11 is 12.4. The molecule has 1 aromatic heterocycles. The van der Waals surface area contributed by atoms with E-state index in [0.717, 1.165) is 11.1 Å². The number of anilines is 1. The third kappa shape index (κ3) is 5.50. The van der Waals surface area contributed by atoms with Crippen molar-refractivity contribution in [1.29, 1.82) is 0 Å². The van der Waals surface area contributed by atoms with E-state index in [1.165, 1.54) is 0 Å². The van der Waals surface area contributed by atoms with Gasteiger partial charge < -0.3 is 14.4 Å². The van der Waals surface area contributed by atoms with Crippen LogP contribution in [0.15, 0.2) is 89.3 Å². The molecule has 1 amide bonds. The lowest BCUT2D eigenvalue weighted by atomic mass is 10.1. The second-order valence-electron chi connectivity index (χ2n) is 7.67. The fourth-order valence-electron chi connectivity index (χ4n) is 3.69. The van der Waals surface area contributed by atoms with Crippen LogP contribution in [-0.2, 0) is 17.8 Å². The number of hydrogen-bond donors (Lipinski definition) is 1. The Bertz CT molecular complexity index is 1330. The molecule has 3 aromatic carbocycles. The zero-order valence-electron chi connectivity index (χ0n) is 18.1. The summed E-state index contributed by atoms with van der Waals surface area (Å²) in [6.07, 6.45) is 0.231. The summed E-state index contributed by atoms with van der Waals surface area (Å²) in [5.74, 6) is -0.0321. The molecule has 0 fully saturated rings. The highest BCUT2D eigenvalue weighted by atomic mass is 35.5. The number of carbonyl (C=O) groups excluding carboxylic acids is 1. The van der Waals surface area contributed by atoms with Crippen LogP contribution in [0.1, 0.15) is 28.1 Å². The van der Waals surface area contributed by atoms with Gasteiger partial charge in [0.1, 0.15) is 11.5 Å². The van der Waals surface area contributed by atoms with Crippen LogP contribution in [0.4, 0.5) is 5.69 Å². The van der Waals surface area contributed by atoms with Crippen molar-refractivity contribution in [3.8, 4) is 11.3 Å². The van der Waals surface area contributed by atoms with Gasteiger partial charge in [-0.1, -0.05) is 65.7 Å². The van der Waals surface area contributed by atoms with Crippen LogP contribution in [0, 0.1) is 0 Å². The highest BCUT2D eigenvalue weighted by molar-refractivity contribution is 6.34. The van der Waals surface area contributed by atoms with Gasteiger partial charge >= 0.3 is 5.97 Å². The number of hydrogen-bond acceptors (Lipinski definition) is 3. The number of halogens is 2. The largest absolute Gasteiger partial charge is 0.481 e. The van der Waals surface area contributed by atoms with Crippen LogP contribution in [0.2, 0.25) is 10.0 Å². The average Bonchev–Trinajstić information content (AvgIpc) is 3.30. The number of aliphatic carboxylic acids is 1. The molecule has 0 atom stereocenters. The monoisotopic (exact) mass is 493 g/mol. The molecule has 1 heterocycles. The summed E-state index contributed by atoms with van der Waals surface area (Å²) in [4.78, 5) is 26.4. The first kappa shape index (κ1) is 23.6. The average molecular weight is 494 g/mol. The SMILES string of the molecule is O=C(O)CCc1ccccc1N(Cc1ccc(-c2cccc(Cl)c2)o1)C(=O)c1ccccc1Cl. The van der Waals surface area contributed by atoms with Crippen LogP contribution in [-0.4, -0.2) is 17.0 Å². The van der Waals surface area contributed by atoms with E-state index in [-0.39, 0.29) is 25.3 Å². The van der Waals surface area contributed by atoms with Crippen molar-refractivity contribution < 1.29 is 19.1 Å². The molecule has 34 heavy (non-hydrogen) atoms. The summed E-state index contributed by atoms with van der Waals surface area (Å²) in [5, 5.41) is 10.1. The van der Waals surface area contributed by atoms with E-state index in [2.05, 4.69) is 0 Å². The van der Waals surface area contributed by atoms with Crippen molar-refractivity contribution in [2.45, 2.75) is 19.4 Å². The van der Waals surface area contributed by atoms with Gasteiger partial charge in [-0.15, -0.1) is 0 Å². The van der Waals surface area contributed by atoms with Crippen LogP contribution in [0.25, 0.3) is 11.3 Å². The number of benzene rings is 3. The van der Waals surface area contributed by atoms with Gasteiger partial charge in [-0.05, 0) is 54.4 Å². The van der Waals surface area contributed by atoms with Crippen molar-refractivity contribution in [3.05, 3.63) is 112 Å². The van der Waals surface area contributed by atoms with Crippen LogP contribution < -0.4 is 4.90 Å². The van der Waals surface area contributed by atoms with Gasteiger partial charge in [0.2, 0.25) is 0 Å². The molecule has 0 unspecified atom stereocenters. The fourth-order valence-corrected chi connectivity index (χ4v) is 4.10. The molecule has 5 nitrogen and oxygen atoms in total. The Labute approximate surface area is 207 Å². The molecule has 172 valence electrons. The molecule has 0 spiro atoms. The molecule has 4 aromatic rings. The van der Waals surface area contributed by atoms with E-state index in [1.54, 1.807) is 47.4 Å². The van der Waals surface area contributed by atoms with Gasteiger partial charge in [-0.2, -0.15) is 0 Å². The maximum atomic E-state index is 13.6. The number of carboxylic acids is 1. The Morgan fingerprint density at radius 3 is 2.41 bits per heavy atom. The Kier molecular flexibility index (Phi) is 7.36. The highest BCUT2D eigenvalue weighted by Crippen LogP contribution is 2.30. The van der Waals surface area contributed by atoms with Gasteiger partial charge in [0.15, 0.2) is 0 Å². The zero-order chi connectivity index (χ0) is 24.1. The molecular formula is C27H21Cl2NO4. The summed E-state index contributed by atoms with van der Waals surface area (Å²) in [6.45, 7) is 0.134. The van der Waals surface area contributed by atoms with Gasteiger partial charge in [-0.25, -0.2) is 0 Å². The summed E-state index contributed by atoms with van der Waals surface area (Å²) < 4.78 is 6.05. The maximum absolute atomic E-state index is 13.6. The van der Waals surface area contributed by atoms with Crippen molar-refractivity contribution in [1.82, 2.24) is 0 Å². The second kappa shape index (κ2) is 10.6. The van der Waals surface area contributed by atoms with Gasteiger partial charge in [0.05, 0.1) is 17.1 Å². The van der Waals surface area contributed by atoms with Crippen molar-refractivity contribution in [2.75, 3.05) is 4.90 Å². The predicted molar refractivity (Wildman–Crippen MR) is 134 cm³/mol. The summed E-state index contributed by atoms with van der Waals surface area (Å²) in [7, 11) is 0. The summed E-state index contributed by atoms with van der Waals surface area (Å²) in [5.41, 5.74) is 2.52. The molecule has 0 aliphatic heterocycles. The van der Waals surface area contributed by atoms with Crippen molar-refractivity contribution in [3.63, 3.8) is 0 Å². The fraction of sp³-hybridized carbons (Fsp3) is 0.111. The molecule has 0 aliphatic carbocycles. The van der Waals surface area contributed by atoms with Crippen LogP contribution in [0.5, 0.6) is 0 Å². The van der Waals surface area contributed by atoms with Gasteiger partial charge in [0, 0.05) is 22.7 Å². The molecule has 0 radical (unpaired) electrons. The first-order chi connectivity index (χ1) is 16.4. The number of aryl methyl sites for hydroxylation is 1. The first-order valence-corrected chi connectivity index (χ1v) is 11.4. The second-order valence-corrected chi connectivity index (χ2v) is 8.51. The quantitative estimate of drug-likeness (QED) is 0.283. The summed E-state index contributed by atoms with van der Waals surface area (Å²) in [6, 6.07) is 25.0. The first-order valence-electron chi connectivity index (χ1n) is 10.6. The maximum Gasteiger partial charge on any atom is 0.303 e. The molecule has 7 heteroatoms. The Balaban J connectivity index is 1.72. The molecule has 0 saturated carbocycles. The molecule has 0 bridgehead atoms. The van der Waals surface area contributed by atoms with E-state index in [4.69, 9.17) is 27.6 Å². The standard InChI is InChI=1S/C27H21Cl2NO4/c28-20-8-5-7-19(16-20)25-14-13-21(34-25)17-30(27(33)22-9-2-3-10-23(22)29)24-11-4-1-6-18(24)12-15-26(31)32/h1-11,13-14,16H,12,15,17H2,(H,31,32). The Hall–Kier alpha value is -3.54. The van der Waals surface area contributed by atoms with Crippen molar-refractivity contribution >= 4 is 40.8 Å². The Morgan fingerprint density at radius 2 is 1.65 bits per heavy atom. The van der Waals surface area contributed by atoms with E-state index in [1.807, 2.05) is 42.5 Å². The molecule has 0 aliphatic rings. The number of rotatable bonds is 8.